The van der Waals surface area contributed by atoms with Crippen LogP contribution in [0.5, 0.6) is 0 Å². The van der Waals surface area contributed by atoms with Gasteiger partial charge < -0.3 is 18.9 Å². The van der Waals surface area contributed by atoms with Crippen LogP contribution in [0, 0.1) is 0 Å². The molecule has 2 N–H and O–H groups in total. The van der Waals surface area contributed by atoms with Crippen molar-refractivity contribution < 1.29 is 33.7 Å². The van der Waals surface area contributed by atoms with Gasteiger partial charge in [-0.1, -0.05) is 6.08 Å². The number of aromatic nitrogens is 2. The maximum atomic E-state index is 12.1. The molecule has 1 aliphatic carbocycles. The number of rotatable bonds is 5. The number of hydrogen-bond donors (Lipinski definition) is 2. The van der Waals surface area contributed by atoms with E-state index in [1.54, 1.807) is 11.6 Å². The second kappa shape index (κ2) is 6.42. The Labute approximate surface area is 146 Å². The van der Waals surface area contributed by atoms with Gasteiger partial charge in [0.15, 0.2) is 24.3 Å². The van der Waals surface area contributed by atoms with E-state index in [2.05, 4.69) is 4.98 Å². The molecule has 138 valence electrons. The molecule has 2 saturated heterocycles. The molecule has 1 aromatic heterocycles. The zero-order chi connectivity index (χ0) is 18.3. The highest BCUT2D eigenvalue weighted by atomic mass is 16.8. The van der Waals surface area contributed by atoms with E-state index in [9.17, 15) is 14.4 Å². The molecule has 0 saturated carbocycles. The number of fused-ring (bicyclic) bond motifs is 1. The van der Waals surface area contributed by atoms with Crippen LogP contribution in [-0.4, -0.2) is 51.8 Å². The zero-order valence-electron chi connectivity index (χ0n) is 13.4. The van der Waals surface area contributed by atoms with Crippen molar-refractivity contribution >= 4 is 17.9 Å². The lowest BCUT2D eigenvalue weighted by molar-refractivity contribution is -0.146. The van der Waals surface area contributed by atoms with Crippen LogP contribution in [-0.2, 0) is 23.7 Å². The number of allylic oxidation sites excluding steroid dienone is 1. The van der Waals surface area contributed by atoms with Crippen LogP contribution in [0.2, 0.25) is 0 Å². The molecule has 4 atom stereocenters. The van der Waals surface area contributed by atoms with Gasteiger partial charge in [0, 0.05) is 11.8 Å². The Morgan fingerprint density at radius 1 is 1.38 bits per heavy atom. The molecule has 0 radical (unpaired) electrons. The number of esters is 1. The Bertz CT molecular complexity index is 834. The minimum Gasteiger partial charge on any atom is -0.459 e. The van der Waals surface area contributed by atoms with Gasteiger partial charge >= 0.3 is 17.8 Å². The Morgan fingerprint density at radius 3 is 2.81 bits per heavy atom. The van der Waals surface area contributed by atoms with Crippen LogP contribution in [0.1, 0.15) is 19.1 Å². The second-order valence-electron chi connectivity index (χ2n) is 5.96. The number of nitrogens with zero attached hydrogens (tertiary/aromatic N) is 2. The molecule has 26 heavy (non-hydrogen) atoms. The molecule has 0 aromatic carbocycles. The van der Waals surface area contributed by atoms with E-state index in [4.69, 9.17) is 24.2 Å². The average Bonchev–Trinajstić information content (AvgIpc) is 3.09. The van der Waals surface area contributed by atoms with Crippen LogP contribution in [0.4, 0.5) is 10.6 Å². The molecule has 0 amide bonds. The van der Waals surface area contributed by atoms with Crippen LogP contribution in [0.3, 0.4) is 0 Å². The summed E-state index contributed by atoms with van der Waals surface area (Å²) in [7, 11) is 0. The third-order valence-corrected chi connectivity index (χ3v) is 4.41. The highest BCUT2D eigenvalue weighted by Gasteiger charge is 2.55. The molecule has 3 aliphatic rings. The first-order valence-electron chi connectivity index (χ1n) is 7.95. The summed E-state index contributed by atoms with van der Waals surface area (Å²) in [5.74, 6) is -0.484. The Morgan fingerprint density at radius 2 is 2.15 bits per heavy atom. The monoisotopic (exact) mass is 365 g/mol. The Kier molecular flexibility index (Phi) is 4.09. The van der Waals surface area contributed by atoms with Crippen molar-refractivity contribution in [2.45, 2.75) is 37.4 Å². The summed E-state index contributed by atoms with van der Waals surface area (Å²) >= 11 is 0. The molecule has 3 heterocycles. The standard InChI is InChI=1S/C15H15N3O8/c19-13(7-2-1-3-7)23-6-8-10-11(26-15(21)25-10)12(24-8)18-5-4-9(17-22)16-14(18)20/h2,4-5,8,10-12,22H,1,3,6H2,(H,16,17,20)/t8-,10-,11-,12-/m1/s1. The third kappa shape index (κ3) is 2.80. The van der Waals surface area contributed by atoms with E-state index in [0.29, 0.717) is 12.0 Å². The maximum absolute atomic E-state index is 12.1. The number of carbonyl (C=O) groups excluding carboxylic acids is 2. The first-order chi connectivity index (χ1) is 12.6. The van der Waals surface area contributed by atoms with Gasteiger partial charge in [0.2, 0.25) is 0 Å². The molecule has 0 bridgehead atoms. The number of anilines is 1. The van der Waals surface area contributed by atoms with Gasteiger partial charge in [-0.2, -0.15) is 4.98 Å². The lowest BCUT2D eigenvalue weighted by Crippen LogP contribution is -2.34. The van der Waals surface area contributed by atoms with Crippen molar-refractivity contribution in [1.82, 2.24) is 9.55 Å². The van der Waals surface area contributed by atoms with E-state index < -0.39 is 42.4 Å². The smallest absolute Gasteiger partial charge is 0.459 e. The van der Waals surface area contributed by atoms with Crippen molar-refractivity contribution in [3.63, 3.8) is 0 Å². The van der Waals surface area contributed by atoms with Gasteiger partial charge in [0.05, 0.1) is 0 Å². The molecule has 0 spiro atoms. The molecule has 4 rings (SSSR count). The predicted octanol–water partition coefficient (Wildman–Crippen LogP) is 0.109. The molecular weight excluding hydrogens is 350 g/mol. The van der Waals surface area contributed by atoms with Gasteiger partial charge in [-0.3, -0.25) is 15.3 Å². The summed E-state index contributed by atoms with van der Waals surface area (Å²) in [6.07, 6.45) is 0.246. The lowest BCUT2D eigenvalue weighted by Gasteiger charge is -2.19. The van der Waals surface area contributed by atoms with E-state index in [1.807, 2.05) is 0 Å². The van der Waals surface area contributed by atoms with E-state index >= 15 is 0 Å². The zero-order valence-corrected chi connectivity index (χ0v) is 13.4. The van der Waals surface area contributed by atoms with Crippen LogP contribution in [0.25, 0.3) is 0 Å². The molecule has 1 aromatic rings. The summed E-state index contributed by atoms with van der Waals surface area (Å²) in [4.78, 5) is 39.1. The minimum absolute atomic E-state index is 0.0419. The lowest BCUT2D eigenvalue weighted by atomic mass is 9.99. The summed E-state index contributed by atoms with van der Waals surface area (Å²) in [5, 5.41) is 8.80. The topological polar surface area (TPSA) is 138 Å². The minimum atomic E-state index is -0.995. The quantitative estimate of drug-likeness (QED) is 0.546. The predicted molar refractivity (Wildman–Crippen MR) is 81.2 cm³/mol. The summed E-state index contributed by atoms with van der Waals surface area (Å²) in [6, 6.07) is 1.34. The Hall–Kier alpha value is -2.92. The normalized spacial score (nSPS) is 29.1. The third-order valence-electron chi connectivity index (χ3n) is 4.41. The van der Waals surface area contributed by atoms with Crippen molar-refractivity contribution in [1.29, 1.82) is 0 Å². The summed E-state index contributed by atoms with van der Waals surface area (Å²) in [5.41, 5.74) is 1.64. The number of carbonyl (C=O) groups is 2. The number of ether oxygens (including phenoxy) is 4. The van der Waals surface area contributed by atoms with Crippen LogP contribution < -0.4 is 11.2 Å². The van der Waals surface area contributed by atoms with Crippen LogP contribution in [0.15, 0.2) is 28.7 Å². The SMILES string of the molecule is O=C1O[C@@H]2[C@H](O1)[C@@H](COC(=O)C1=CCC1)O[C@H]2n1ccc(NO)nc1=O. The fourth-order valence-electron chi connectivity index (χ4n) is 2.98. The number of hydrogen-bond acceptors (Lipinski definition) is 10. The first kappa shape index (κ1) is 16.5. The summed E-state index contributed by atoms with van der Waals surface area (Å²) < 4.78 is 22.2. The van der Waals surface area contributed by atoms with E-state index in [-0.39, 0.29) is 12.4 Å². The molecule has 11 nitrogen and oxygen atoms in total. The van der Waals surface area contributed by atoms with Gasteiger partial charge in [-0.25, -0.2) is 14.4 Å². The highest BCUT2D eigenvalue weighted by molar-refractivity contribution is 5.89. The molecule has 0 unspecified atom stereocenters. The van der Waals surface area contributed by atoms with Gasteiger partial charge in [0.25, 0.3) is 0 Å². The van der Waals surface area contributed by atoms with Crippen molar-refractivity contribution in [2.75, 3.05) is 12.1 Å². The highest BCUT2D eigenvalue weighted by Crippen LogP contribution is 2.37. The van der Waals surface area contributed by atoms with E-state index in [1.165, 1.54) is 12.3 Å². The first-order valence-corrected chi connectivity index (χ1v) is 7.95. The maximum Gasteiger partial charge on any atom is 0.509 e. The van der Waals surface area contributed by atoms with Gasteiger partial charge in [-0.05, 0) is 18.9 Å². The van der Waals surface area contributed by atoms with Crippen molar-refractivity contribution in [2.24, 2.45) is 0 Å². The van der Waals surface area contributed by atoms with Crippen LogP contribution >= 0.6 is 0 Å². The summed E-state index contributed by atoms with van der Waals surface area (Å²) in [6.45, 7) is -0.150. The number of nitrogens with one attached hydrogen (secondary N) is 1. The molecule has 2 fully saturated rings. The average molecular weight is 365 g/mol. The van der Waals surface area contributed by atoms with E-state index in [0.717, 1.165) is 11.0 Å². The Balaban J connectivity index is 1.52. The van der Waals surface area contributed by atoms with Gasteiger partial charge in [0.1, 0.15) is 12.7 Å². The fraction of sp³-hybridized carbons (Fsp3) is 0.467. The molecular formula is C15H15N3O8. The molecule has 11 heteroatoms. The van der Waals surface area contributed by atoms with Gasteiger partial charge in [-0.15, -0.1) is 0 Å². The second-order valence-corrected chi connectivity index (χ2v) is 5.96. The van der Waals surface area contributed by atoms with Crippen molar-refractivity contribution in [3.8, 4) is 0 Å². The van der Waals surface area contributed by atoms with Crippen molar-refractivity contribution in [3.05, 3.63) is 34.4 Å². The molecule has 2 aliphatic heterocycles. The largest absolute Gasteiger partial charge is 0.509 e. The fourth-order valence-corrected chi connectivity index (χ4v) is 2.98.